The van der Waals surface area contributed by atoms with Gasteiger partial charge in [-0.2, -0.15) is 5.10 Å². The molecule has 0 bridgehead atoms. The Balaban J connectivity index is 1.48. The molecule has 2 aromatic carbocycles. The van der Waals surface area contributed by atoms with Gasteiger partial charge in [0.2, 0.25) is 0 Å². The second-order valence-electron chi connectivity index (χ2n) is 6.71. The fourth-order valence-electron chi connectivity index (χ4n) is 2.73. The molecule has 8 heteroatoms. The number of ether oxygens (including phenoxy) is 1. The highest BCUT2D eigenvalue weighted by Crippen LogP contribution is 2.17. The predicted octanol–water partition coefficient (Wildman–Crippen LogP) is 3.08. The number of carbonyl (C=O) groups excluding carboxylic acids is 1. The number of aryl methyl sites for hydroxylation is 2. The van der Waals surface area contributed by atoms with Gasteiger partial charge in [0.1, 0.15) is 5.82 Å². The van der Waals surface area contributed by atoms with Crippen LogP contribution in [0.1, 0.15) is 12.0 Å². The number of benzene rings is 2. The van der Waals surface area contributed by atoms with Gasteiger partial charge in [-0.15, -0.1) is 0 Å². The van der Waals surface area contributed by atoms with Crippen molar-refractivity contribution in [3.05, 3.63) is 82.1 Å². The van der Waals surface area contributed by atoms with Crippen LogP contribution in [0.4, 0.5) is 8.78 Å². The van der Waals surface area contributed by atoms with E-state index in [2.05, 4.69) is 10.4 Å². The van der Waals surface area contributed by atoms with Crippen LogP contribution in [0.5, 0.6) is 5.75 Å². The molecule has 0 unspecified atom stereocenters. The zero-order valence-electron chi connectivity index (χ0n) is 16.4. The Hall–Kier alpha value is -3.55. The Kier molecular flexibility index (Phi) is 6.90. The first-order valence-electron chi connectivity index (χ1n) is 9.42. The minimum atomic E-state index is -0.873. The lowest BCUT2D eigenvalue weighted by molar-refractivity contribution is -0.123. The minimum Gasteiger partial charge on any atom is -0.481 e. The summed E-state index contributed by atoms with van der Waals surface area (Å²) in [5, 5.41) is 7.00. The second kappa shape index (κ2) is 9.78. The van der Waals surface area contributed by atoms with E-state index in [1.54, 1.807) is 6.07 Å². The summed E-state index contributed by atoms with van der Waals surface area (Å²) >= 11 is 0. The molecule has 1 aromatic heterocycles. The van der Waals surface area contributed by atoms with Gasteiger partial charge in [0.25, 0.3) is 11.5 Å². The van der Waals surface area contributed by atoms with Crippen LogP contribution >= 0.6 is 0 Å². The third-order valence-corrected chi connectivity index (χ3v) is 4.34. The molecule has 0 aliphatic heterocycles. The Labute approximate surface area is 172 Å². The number of hydrogen-bond donors (Lipinski definition) is 1. The molecule has 30 heavy (non-hydrogen) atoms. The lowest BCUT2D eigenvalue weighted by Gasteiger charge is -2.09. The smallest absolute Gasteiger partial charge is 0.266 e. The van der Waals surface area contributed by atoms with E-state index in [0.717, 1.165) is 23.3 Å². The molecular formula is C22H21F2N3O3. The largest absolute Gasteiger partial charge is 0.481 e. The molecule has 0 saturated carbocycles. The van der Waals surface area contributed by atoms with E-state index in [1.165, 1.54) is 10.7 Å². The Bertz CT molecular complexity index is 1080. The standard InChI is InChI=1S/C22H21F2N3O3/c1-15-3-5-16(6-4-15)19-8-10-22(29)27(26-19)12-2-11-25-21(28)14-30-20-9-7-17(23)13-18(20)24/h3-10,13H,2,11-12,14H2,1H3,(H,25,28). The van der Waals surface area contributed by atoms with Crippen molar-refractivity contribution >= 4 is 5.91 Å². The molecule has 0 radical (unpaired) electrons. The first-order valence-corrected chi connectivity index (χ1v) is 9.42. The van der Waals surface area contributed by atoms with Crippen LogP contribution in [0.3, 0.4) is 0 Å². The average molecular weight is 413 g/mol. The highest BCUT2D eigenvalue weighted by molar-refractivity contribution is 5.77. The molecule has 156 valence electrons. The van der Waals surface area contributed by atoms with Crippen molar-refractivity contribution in [1.82, 2.24) is 15.1 Å². The normalized spacial score (nSPS) is 10.6. The zero-order chi connectivity index (χ0) is 21.5. The van der Waals surface area contributed by atoms with Crippen LogP contribution in [-0.2, 0) is 11.3 Å². The summed E-state index contributed by atoms with van der Waals surface area (Å²) in [6.07, 6.45) is 0.473. The van der Waals surface area contributed by atoms with Crippen molar-refractivity contribution in [3.8, 4) is 17.0 Å². The number of rotatable bonds is 8. The van der Waals surface area contributed by atoms with Gasteiger partial charge >= 0.3 is 0 Å². The molecular weight excluding hydrogens is 392 g/mol. The molecule has 3 aromatic rings. The van der Waals surface area contributed by atoms with E-state index >= 15 is 0 Å². The number of aromatic nitrogens is 2. The topological polar surface area (TPSA) is 73.2 Å². The summed E-state index contributed by atoms with van der Waals surface area (Å²) in [6.45, 7) is 2.21. The maximum Gasteiger partial charge on any atom is 0.266 e. The number of halogens is 2. The van der Waals surface area contributed by atoms with Crippen LogP contribution in [0.2, 0.25) is 0 Å². The summed E-state index contributed by atoms with van der Waals surface area (Å²) in [6, 6.07) is 13.8. The highest BCUT2D eigenvalue weighted by atomic mass is 19.1. The van der Waals surface area contributed by atoms with E-state index in [1.807, 2.05) is 31.2 Å². The van der Waals surface area contributed by atoms with Crippen LogP contribution < -0.4 is 15.6 Å². The molecule has 1 heterocycles. The molecule has 0 spiro atoms. The molecule has 0 aliphatic carbocycles. The van der Waals surface area contributed by atoms with Gasteiger partial charge in [0.05, 0.1) is 5.69 Å². The van der Waals surface area contributed by atoms with E-state index in [9.17, 15) is 18.4 Å². The summed E-state index contributed by atoms with van der Waals surface area (Å²) in [5.41, 5.74) is 2.50. The quantitative estimate of drug-likeness (QED) is 0.576. The van der Waals surface area contributed by atoms with E-state index in [-0.39, 0.29) is 17.9 Å². The fourth-order valence-corrected chi connectivity index (χ4v) is 2.73. The molecule has 3 rings (SSSR count). The number of nitrogens with zero attached hydrogens (tertiary/aromatic N) is 2. The number of carbonyl (C=O) groups is 1. The summed E-state index contributed by atoms with van der Waals surface area (Å²) in [4.78, 5) is 23.9. The highest BCUT2D eigenvalue weighted by Gasteiger charge is 2.08. The molecule has 1 amide bonds. The Morgan fingerprint density at radius 1 is 1.10 bits per heavy atom. The third-order valence-electron chi connectivity index (χ3n) is 4.34. The van der Waals surface area contributed by atoms with Gasteiger partial charge in [0, 0.05) is 30.8 Å². The lowest BCUT2D eigenvalue weighted by Crippen LogP contribution is -2.31. The van der Waals surface area contributed by atoms with Crippen LogP contribution in [-0.4, -0.2) is 28.8 Å². The Morgan fingerprint density at radius 3 is 2.60 bits per heavy atom. The van der Waals surface area contributed by atoms with Crippen LogP contribution in [0.25, 0.3) is 11.3 Å². The average Bonchev–Trinajstić information content (AvgIpc) is 2.72. The van der Waals surface area contributed by atoms with E-state index < -0.39 is 24.1 Å². The second-order valence-corrected chi connectivity index (χ2v) is 6.71. The number of nitrogens with one attached hydrogen (secondary N) is 1. The van der Waals surface area contributed by atoms with Crippen molar-refractivity contribution in [3.63, 3.8) is 0 Å². The van der Waals surface area contributed by atoms with Gasteiger partial charge in [-0.05, 0) is 31.5 Å². The van der Waals surface area contributed by atoms with Crippen molar-refractivity contribution in [2.75, 3.05) is 13.2 Å². The van der Waals surface area contributed by atoms with Crippen molar-refractivity contribution < 1.29 is 18.3 Å². The van der Waals surface area contributed by atoms with Crippen LogP contribution in [0.15, 0.2) is 59.4 Å². The number of amides is 1. The summed E-state index contributed by atoms with van der Waals surface area (Å²) in [5.74, 6) is -2.25. The number of hydrogen-bond acceptors (Lipinski definition) is 4. The lowest BCUT2D eigenvalue weighted by atomic mass is 10.1. The molecule has 0 saturated heterocycles. The van der Waals surface area contributed by atoms with Gasteiger partial charge in [0.15, 0.2) is 18.2 Å². The van der Waals surface area contributed by atoms with Gasteiger partial charge in [-0.25, -0.2) is 13.5 Å². The third kappa shape index (κ3) is 5.73. The van der Waals surface area contributed by atoms with E-state index in [4.69, 9.17) is 4.74 Å². The maximum absolute atomic E-state index is 13.5. The first kappa shape index (κ1) is 21.2. The monoisotopic (exact) mass is 413 g/mol. The summed E-state index contributed by atoms with van der Waals surface area (Å²) in [7, 11) is 0. The van der Waals surface area contributed by atoms with Crippen molar-refractivity contribution in [2.45, 2.75) is 19.9 Å². The van der Waals surface area contributed by atoms with Gasteiger partial charge in [-0.3, -0.25) is 9.59 Å². The van der Waals surface area contributed by atoms with Crippen molar-refractivity contribution in [2.24, 2.45) is 0 Å². The fraction of sp³-hybridized carbons (Fsp3) is 0.227. The molecule has 1 N–H and O–H groups in total. The maximum atomic E-state index is 13.5. The zero-order valence-corrected chi connectivity index (χ0v) is 16.4. The first-order chi connectivity index (χ1) is 14.4. The summed E-state index contributed by atoms with van der Waals surface area (Å²) < 4.78 is 32.7. The van der Waals surface area contributed by atoms with Gasteiger partial charge in [-0.1, -0.05) is 29.8 Å². The molecule has 0 aliphatic rings. The molecule has 0 atom stereocenters. The van der Waals surface area contributed by atoms with Crippen molar-refractivity contribution in [1.29, 1.82) is 0 Å². The minimum absolute atomic E-state index is 0.199. The molecule has 0 fully saturated rings. The predicted molar refractivity (Wildman–Crippen MR) is 108 cm³/mol. The molecule has 6 nitrogen and oxygen atoms in total. The SMILES string of the molecule is Cc1ccc(-c2ccc(=O)n(CCCNC(=O)COc3ccc(F)cc3F)n2)cc1. The van der Waals surface area contributed by atoms with Crippen LogP contribution in [0, 0.1) is 18.6 Å². The van der Waals surface area contributed by atoms with Gasteiger partial charge < -0.3 is 10.1 Å². The Morgan fingerprint density at radius 2 is 1.87 bits per heavy atom. The van der Waals surface area contributed by atoms with E-state index in [0.29, 0.717) is 24.7 Å².